The number of alkyl carbamates (subject to hydrolysis) is 1. The van der Waals surface area contributed by atoms with Crippen molar-refractivity contribution in [1.29, 1.82) is 0 Å². The topological polar surface area (TPSA) is 131 Å². The summed E-state index contributed by atoms with van der Waals surface area (Å²) in [4.78, 5) is 48.9. The summed E-state index contributed by atoms with van der Waals surface area (Å²) in [6.45, 7) is 0.00497. The molecule has 3 rings (SSSR count). The van der Waals surface area contributed by atoms with E-state index in [4.69, 9.17) is 14.7 Å². The Hall–Kier alpha value is -3.72. The van der Waals surface area contributed by atoms with Gasteiger partial charge < -0.3 is 14.8 Å². The number of esters is 1. The molecule has 40 heavy (non-hydrogen) atoms. The Balaban J connectivity index is 1.44. The number of hydrogen-bond acceptors (Lipinski definition) is 7. The van der Waals surface area contributed by atoms with Crippen molar-refractivity contribution in [3.63, 3.8) is 0 Å². The number of ether oxygens (including phenoxy) is 2. The summed E-state index contributed by atoms with van der Waals surface area (Å²) in [5.41, 5.74) is 4.10. The van der Waals surface area contributed by atoms with Gasteiger partial charge in [-0.25, -0.2) is 15.1 Å². The van der Waals surface area contributed by atoms with Gasteiger partial charge in [-0.2, -0.15) is 0 Å². The minimum atomic E-state index is -0.855. The van der Waals surface area contributed by atoms with Crippen LogP contribution in [0.1, 0.15) is 80.9 Å². The van der Waals surface area contributed by atoms with Crippen molar-refractivity contribution < 1.29 is 33.9 Å². The molecule has 0 heterocycles. The zero-order valence-electron chi connectivity index (χ0n) is 22.9. The van der Waals surface area contributed by atoms with Crippen LogP contribution in [0.2, 0.25) is 0 Å². The third-order valence-corrected chi connectivity index (χ3v) is 6.94. The number of carbonyl (C=O) groups excluding carboxylic acids is 4. The van der Waals surface area contributed by atoms with Crippen molar-refractivity contribution in [3.05, 3.63) is 71.3 Å². The second-order valence-corrected chi connectivity index (χ2v) is 10.3. The highest BCUT2D eigenvalue weighted by Gasteiger charge is 2.27. The van der Waals surface area contributed by atoms with E-state index in [1.54, 1.807) is 5.48 Å². The van der Waals surface area contributed by atoms with E-state index in [2.05, 4.69) is 5.32 Å². The van der Waals surface area contributed by atoms with Crippen LogP contribution in [0.25, 0.3) is 0 Å². The number of unbranched alkanes of at least 4 members (excludes halogenated alkanes) is 3. The lowest BCUT2D eigenvalue weighted by Gasteiger charge is -2.20. The molecular formula is C31H40N2O7. The molecule has 9 nitrogen and oxygen atoms in total. The van der Waals surface area contributed by atoms with Crippen LogP contribution < -0.4 is 10.8 Å². The van der Waals surface area contributed by atoms with Crippen molar-refractivity contribution in [2.24, 2.45) is 0 Å². The molecule has 0 spiro atoms. The second-order valence-electron chi connectivity index (χ2n) is 10.3. The van der Waals surface area contributed by atoms with Gasteiger partial charge in [-0.1, -0.05) is 67.4 Å². The molecule has 0 radical (unpaired) electrons. The molecule has 0 bridgehead atoms. The molecule has 2 aromatic rings. The largest absolute Gasteiger partial charge is 0.461 e. The first-order valence-electron chi connectivity index (χ1n) is 14.1. The van der Waals surface area contributed by atoms with Gasteiger partial charge >= 0.3 is 12.1 Å². The van der Waals surface area contributed by atoms with Crippen LogP contribution in [0.5, 0.6) is 0 Å². The van der Waals surface area contributed by atoms with Gasteiger partial charge in [0.25, 0.3) is 0 Å². The van der Waals surface area contributed by atoms with Crippen molar-refractivity contribution >= 4 is 23.8 Å². The lowest BCUT2D eigenvalue weighted by molar-refractivity contribution is -0.151. The van der Waals surface area contributed by atoms with E-state index in [0.29, 0.717) is 25.7 Å². The van der Waals surface area contributed by atoms with Gasteiger partial charge in [-0.3, -0.25) is 14.8 Å². The maximum absolute atomic E-state index is 12.9. The fraction of sp³-hybridized carbons (Fsp3) is 0.484. The number of Topliss-reactive ketones (excluding diaryl/α,β-unsaturated/α-hetero) is 1. The van der Waals surface area contributed by atoms with E-state index in [1.807, 2.05) is 54.6 Å². The van der Waals surface area contributed by atoms with Gasteiger partial charge in [0.2, 0.25) is 5.91 Å². The summed E-state index contributed by atoms with van der Waals surface area (Å²) in [5.74, 6) is -0.733. The first-order chi connectivity index (χ1) is 19.4. The number of amides is 2. The molecule has 3 N–H and O–H groups in total. The minimum absolute atomic E-state index is 0.00497. The highest BCUT2D eigenvalue weighted by molar-refractivity contribution is 5.82. The molecule has 0 saturated heterocycles. The van der Waals surface area contributed by atoms with Crippen LogP contribution in [0, 0.1) is 0 Å². The zero-order chi connectivity index (χ0) is 28.6. The first-order valence-corrected chi connectivity index (χ1v) is 14.1. The van der Waals surface area contributed by atoms with E-state index >= 15 is 0 Å². The average Bonchev–Trinajstić information content (AvgIpc) is 3.47. The number of nitrogens with one attached hydrogen (secondary N) is 2. The summed E-state index contributed by atoms with van der Waals surface area (Å²) < 4.78 is 11.1. The van der Waals surface area contributed by atoms with Crippen LogP contribution >= 0.6 is 0 Å². The monoisotopic (exact) mass is 552 g/mol. The molecule has 9 heteroatoms. The van der Waals surface area contributed by atoms with E-state index in [1.165, 1.54) is 0 Å². The van der Waals surface area contributed by atoms with Gasteiger partial charge in [0.05, 0.1) is 0 Å². The van der Waals surface area contributed by atoms with Gasteiger partial charge in [0.1, 0.15) is 24.5 Å². The highest BCUT2D eigenvalue weighted by atomic mass is 16.6. The summed E-state index contributed by atoms with van der Waals surface area (Å²) in [6, 6.07) is 15.9. The molecule has 1 atom stereocenters. The molecule has 2 aromatic carbocycles. The van der Waals surface area contributed by atoms with Crippen LogP contribution in [-0.2, 0) is 43.3 Å². The average molecular weight is 553 g/mol. The number of rotatable bonds is 16. The van der Waals surface area contributed by atoms with Crippen molar-refractivity contribution in [2.45, 2.75) is 95.8 Å². The third kappa shape index (κ3) is 11.6. The standard InChI is InChI=1S/C31H40N2O7/c34-26(15-6-1-2-7-18-29(35)33-38)20-24-13-10-14-25(19-24)22-39-31(37)32-28(21-23-11-4-3-5-12-23)30(36)40-27-16-8-9-17-27/h3-5,10-14,19,27-28,38H,1-2,6-9,15-18,20-22H2,(H,32,37)(H,33,35)/t28-/m0/s1. The molecular weight excluding hydrogens is 512 g/mol. The molecule has 0 aliphatic heterocycles. The molecule has 1 saturated carbocycles. The summed E-state index contributed by atoms with van der Waals surface area (Å²) in [5, 5.41) is 11.2. The Labute approximate surface area is 235 Å². The number of carbonyl (C=O) groups is 4. The van der Waals surface area contributed by atoms with Crippen molar-refractivity contribution in [2.75, 3.05) is 0 Å². The zero-order valence-corrected chi connectivity index (χ0v) is 22.9. The maximum Gasteiger partial charge on any atom is 0.408 e. The molecule has 1 aliphatic carbocycles. The minimum Gasteiger partial charge on any atom is -0.461 e. The number of hydroxylamine groups is 1. The fourth-order valence-electron chi connectivity index (χ4n) is 4.79. The van der Waals surface area contributed by atoms with E-state index in [-0.39, 0.29) is 24.9 Å². The smallest absolute Gasteiger partial charge is 0.408 e. The summed E-state index contributed by atoms with van der Waals surface area (Å²) in [7, 11) is 0. The van der Waals surface area contributed by atoms with Crippen molar-refractivity contribution in [3.8, 4) is 0 Å². The quantitative estimate of drug-likeness (QED) is 0.116. The fourth-order valence-corrected chi connectivity index (χ4v) is 4.79. The van der Waals surface area contributed by atoms with Gasteiger partial charge in [0.15, 0.2) is 0 Å². The predicted octanol–water partition coefficient (Wildman–Crippen LogP) is 4.97. The first kappa shape index (κ1) is 30.8. The normalized spacial score (nSPS) is 13.8. The van der Waals surface area contributed by atoms with Crippen LogP contribution in [0.3, 0.4) is 0 Å². The Kier molecular flexibility index (Phi) is 13.2. The van der Waals surface area contributed by atoms with Gasteiger partial charge in [-0.15, -0.1) is 0 Å². The maximum atomic E-state index is 12.9. The Morgan fingerprint density at radius 3 is 2.25 bits per heavy atom. The molecule has 1 fully saturated rings. The highest BCUT2D eigenvalue weighted by Crippen LogP contribution is 2.22. The van der Waals surface area contributed by atoms with E-state index < -0.39 is 24.0 Å². The number of benzene rings is 2. The Bertz CT molecular complexity index is 1100. The van der Waals surface area contributed by atoms with Crippen LogP contribution in [0.4, 0.5) is 4.79 Å². The summed E-state index contributed by atoms with van der Waals surface area (Å²) in [6.07, 6.45) is 7.35. The van der Waals surface area contributed by atoms with Crippen LogP contribution in [-0.4, -0.2) is 41.1 Å². The molecule has 0 unspecified atom stereocenters. The van der Waals surface area contributed by atoms with Gasteiger partial charge in [-0.05, 0) is 55.2 Å². The number of ketones is 1. The molecule has 2 amide bonds. The molecule has 216 valence electrons. The Morgan fingerprint density at radius 2 is 1.52 bits per heavy atom. The molecule has 1 aliphatic rings. The second kappa shape index (κ2) is 17.1. The number of hydrogen-bond donors (Lipinski definition) is 3. The van der Waals surface area contributed by atoms with Gasteiger partial charge in [0, 0.05) is 25.7 Å². The lowest BCUT2D eigenvalue weighted by atomic mass is 10.0. The van der Waals surface area contributed by atoms with Crippen LogP contribution in [0.15, 0.2) is 54.6 Å². The third-order valence-electron chi connectivity index (χ3n) is 6.94. The lowest BCUT2D eigenvalue weighted by Crippen LogP contribution is -2.44. The SMILES string of the molecule is O=C(CCCCCCC(=O)NO)Cc1cccc(COC(=O)N[C@@H](Cc2ccccc2)C(=O)OC2CCCC2)c1. The Morgan fingerprint density at radius 1 is 0.850 bits per heavy atom. The molecule has 0 aromatic heterocycles. The van der Waals surface area contributed by atoms with E-state index in [9.17, 15) is 19.2 Å². The van der Waals surface area contributed by atoms with Crippen molar-refractivity contribution in [1.82, 2.24) is 10.8 Å². The summed E-state index contributed by atoms with van der Waals surface area (Å²) >= 11 is 0. The predicted molar refractivity (Wildman–Crippen MR) is 148 cm³/mol. The van der Waals surface area contributed by atoms with E-state index in [0.717, 1.165) is 61.6 Å².